The van der Waals surface area contributed by atoms with Crippen LogP contribution >= 0.6 is 34.8 Å². The van der Waals surface area contributed by atoms with E-state index in [0.29, 0.717) is 15.1 Å². The van der Waals surface area contributed by atoms with E-state index in [1.807, 2.05) is 18.2 Å². The van der Waals surface area contributed by atoms with Gasteiger partial charge in [0.05, 0.1) is 10.7 Å². The van der Waals surface area contributed by atoms with Gasteiger partial charge in [0, 0.05) is 21.8 Å². The van der Waals surface area contributed by atoms with Gasteiger partial charge in [0.15, 0.2) is 0 Å². The summed E-state index contributed by atoms with van der Waals surface area (Å²) in [5, 5.41) is 1.88. The van der Waals surface area contributed by atoms with Gasteiger partial charge in [-0.15, -0.1) is 0 Å². The third-order valence-corrected chi connectivity index (χ3v) is 2.96. The lowest BCUT2D eigenvalue weighted by Crippen LogP contribution is -1.82. The van der Waals surface area contributed by atoms with E-state index < -0.39 is 0 Å². The topological polar surface area (TPSA) is 12.4 Å². The first kappa shape index (κ1) is 12.4. The number of nitrogens with zero attached hydrogens (tertiary/aromatic N) is 1. The molecule has 0 radical (unpaired) electrons. The van der Waals surface area contributed by atoms with Crippen molar-refractivity contribution >= 4 is 46.7 Å². The first-order valence-corrected chi connectivity index (χ1v) is 6.03. The average Bonchev–Trinajstić information content (AvgIpc) is 2.30. The second kappa shape index (κ2) is 5.54. The molecular weight excluding hydrogens is 277 g/mol. The Kier molecular flexibility index (Phi) is 4.06. The molecule has 0 aliphatic heterocycles. The number of halogens is 3. The van der Waals surface area contributed by atoms with Crippen LogP contribution in [0.4, 0.5) is 5.69 Å². The largest absolute Gasteiger partial charge is 0.256 e. The summed E-state index contributed by atoms with van der Waals surface area (Å²) < 4.78 is 0. The first-order chi connectivity index (χ1) is 8.15. The lowest BCUT2D eigenvalue weighted by molar-refractivity contribution is 1.52. The molecule has 0 N–H and O–H groups in total. The van der Waals surface area contributed by atoms with Crippen LogP contribution in [0.15, 0.2) is 47.5 Å². The van der Waals surface area contributed by atoms with E-state index in [9.17, 15) is 0 Å². The molecule has 0 unspecified atom stereocenters. The van der Waals surface area contributed by atoms with Crippen molar-refractivity contribution < 1.29 is 0 Å². The number of benzene rings is 2. The molecule has 4 heteroatoms. The molecule has 0 saturated heterocycles. The quantitative estimate of drug-likeness (QED) is 0.655. The molecule has 0 aliphatic rings. The average molecular weight is 285 g/mol. The molecule has 17 heavy (non-hydrogen) atoms. The van der Waals surface area contributed by atoms with Crippen LogP contribution in [0.2, 0.25) is 15.1 Å². The van der Waals surface area contributed by atoms with Crippen molar-refractivity contribution in [2.45, 2.75) is 0 Å². The van der Waals surface area contributed by atoms with Gasteiger partial charge in [-0.05, 0) is 36.4 Å². The second-order valence-electron chi connectivity index (χ2n) is 3.40. The third kappa shape index (κ3) is 3.47. The number of rotatable bonds is 2. The number of aliphatic imine (C=N–C) groups is 1. The summed E-state index contributed by atoms with van der Waals surface area (Å²) in [5.74, 6) is 0. The van der Waals surface area contributed by atoms with Crippen molar-refractivity contribution in [1.29, 1.82) is 0 Å². The maximum Gasteiger partial charge on any atom is 0.0630 e. The Hall–Kier alpha value is -1.02. The summed E-state index contributed by atoms with van der Waals surface area (Å²) in [7, 11) is 0. The fourth-order valence-electron chi connectivity index (χ4n) is 1.28. The molecule has 0 fully saturated rings. The van der Waals surface area contributed by atoms with E-state index in [0.717, 1.165) is 11.3 Å². The van der Waals surface area contributed by atoms with E-state index in [1.54, 1.807) is 30.5 Å². The number of hydrogen-bond donors (Lipinski definition) is 0. The van der Waals surface area contributed by atoms with E-state index >= 15 is 0 Å². The molecule has 0 heterocycles. The Balaban J connectivity index is 2.23. The van der Waals surface area contributed by atoms with Gasteiger partial charge in [0.25, 0.3) is 0 Å². The lowest BCUT2D eigenvalue weighted by atomic mass is 10.2. The Morgan fingerprint density at radius 2 is 1.47 bits per heavy atom. The summed E-state index contributed by atoms with van der Waals surface area (Å²) in [6.45, 7) is 0. The van der Waals surface area contributed by atoms with Gasteiger partial charge in [-0.3, -0.25) is 4.99 Å². The van der Waals surface area contributed by atoms with Gasteiger partial charge in [0.2, 0.25) is 0 Å². The summed E-state index contributed by atoms with van der Waals surface area (Å²) in [6, 6.07) is 12.5. The Labute approximate surface area is 115 Å². The molecule has 2 rings (SSSR count). The molecule has 2 aromatic carbocycles. The fourth-order valence-corrected chi connectivity index (χ4v) is 1.86. The van der Waals surface area contributed by atoms with Gasteiger partial charge < -0.3 is 0 Å². The zero-order valence-corrected chi connectivity index (χ0v) is 11.0. The smallest absolute Gasteiger partial charge is 0.0630 e. The summed E-state index contributed by atoms with van der Waals surface area (Å²) in [4.78, 5) is 4.30. The predicted molar refractivity (Wildman–Crippen MR) is 75.2 cm³/mol. The van der Waals surface area contributed by atoms with Gasteiger partial charge in [0.1, 0.15) is 0 Å². The van der Waals surface area contributed by atoms with Crippen LogP contribution in [0, 0.1) is 0 Å². The molecule has 0 bridgehead atoms. The van der Waals surface area contributed by atoms with Crippen LogP contribution in [-0.4, -0.2) is 6.21 Å². The van der Waals surface area contributed by atoms with Crippen molar-refractivity contribution in [3.05, 3.63) is 63.1 Å². The SMILES string of the molecule is Clc1ccc(/N=C/c2ccc(Cl)cc2Cl)cc1. The Bertz CT molecular complexity index is 547. The first-order valence-electron chi connectivity index (χ1n) is 4.90. The molecule has 0 aliphatic carbocycles. The standard InChI is InChI=1S/C13H8Cl3N/c14-10-3-5-12(6-4-10)17-8-9-1-2-11(15)7-13(9)16/h1-8H/b17-8+. The van der Waals surface area contributed by atoms with Crippen molar-refractivity contribution in [1.82, 2.24) is 0 Å². The van der Waals surface area contributed by atoms with Crippen molar-refractivity contribution in [2.24, 2.45) is 4.99 Å². The number of hydrogen-bond acceptors (Lipinski definition) is 1. The minimum atomic E-state index is 0.579. The Morgan fingerprint density at radius 3 is 2.12 bits per heavy atom. The lowest BCUT2D eigenvalue weighted by Gasteiger charge is -1.98. The van der Waals surface area contributed by atoms with Gasteiger partial charge in [-0.1, -0.05) is 40.9 Å². The van der Waals surface area contributed by atoms with Crippen LogP contribution < -0.4 is 0 Å². The highest BCUT2D eigenvalue weighted by molar-refractivity contribution is 6.36. The van der Waals surface area contributed by atoms with E-state index in [2.05, 4.69) is 4.99 Å². The highest BCUT2D eigenvalue weighted by Crippen LogP contribution is 2.21. The van der Waals surface area contributed by atoms with Gasteiger partial charge in [-0.25, -0.2) is 0 Å². The maximum absolute atomic E-state index is 6.02. The summed E-state index contributed by atoms with van der Waals surface area (Å²) in [5.41, 5.74) is 1.64. The molecule has 1 nitrogen and oxygen atoms in total. The highest BCUT2D eigenvalue weighted by Gasteiger charge is 1.98. The predicted octanol–water partition coefficient (Wildman–Crippen LogP) is 5.40. The van der Waals surface area contributed by atoms with Crippen molar-refractivity contribution in [3.8, 4) is 0 Å². The highest BCUT2D eigenvalue weighted by atomic mass is 35.5. The van der Waals surface area contributed by atoms with Crippen LogP contribution in [0.25, 0.3) is 0 Å². The molecule has 0 spiro atoms. The van der Waals surface area contributed by atoms with Crippen LogP contribution in [0.5, 0.6) is 0 Å². The molecule has 2 aromatic rings. The zero-order valence-electron chi connectivity index (χ0n) is 8.70. The van der Waals surface area contributed by atoms with Gasteiger partial charge in [-0.2, -0.15) is 0 Å². The third-order valence-electron chi connectivity index (χ3n) is 2.14. The van der Waals surface area contributed by atoms with E-state index in [1.165, 1.54) is 0 Å². The summed E-state index contributed by atoms with van der Waals surface area (Å²) in [6.07, 6.45) is 1.70. The minimum absolute atomic E-state index is 0.579. The van der Waals surface area contributed by atoms with Crippen LogP contribution in [0.3, 0.4) is 0 Å². The normalized spacial score (nSPS) is 11.0. The molecule has 0 aromatic heterocycles. The van der Waals surface area contributed by atoms with Crippen LogP contribution in [-0.2, 0) is 0 Å². The van der Waals surface area contributed by atoms with E-state index in [4.69, 9.17) is 34.8 Å². The molecule has 0 amide bonds. The molecule has 0 atom stereocenters. The molecule has 86 valence electrons. The van der Waals surface area contributed by atoms with Crippen molar-refractivity contribution in [3.63, 3.8) is 0 Å². The van der Waals surface area contributed by atoms with E-state index in [-0.39, 0.29) is 0 Å². The van der Waals surface area contributed by atoms with Crippen molar-refractivity contribution in [2.75, 3.05) is 0 Å². The summed E-state index contributed by atoms with van der Waals surface area (Å²) >= 11 is 17.6. The molecular formula is C13H8Cl3N. The Morgan fingerprint density at radius 1 is 0.824 bits per heavy atom. The maximum atomic E-state index is 6.02. The minimum Gasteiger partial charge on any atom is -0.256 e. The molecule has 0 saturated carbocycles. The monoisotopic (exact) mass is 283 g/mol. The van der Waals surface area contributed by atoms with Gasteiger partial charge >= 0.3 is 0 Å². The van der Waals surface area contributed by atoms with Crippen LogP contribution in [0.1, 0.15) is 5.56 Å². The fraction of sp³-hybridized carbons (Fsp3) is 0. The zero-order chi connectivity index (χ0) is 12.3. The second-order valence-corrected chi connectivity index (χ2v) is 4.68.